The van der Waals surface area contributed by atoms with Crippen LogP contribution in [0.2, 0.25) is 0 Å². The van der Waals surface area contributed by atoms with Gasteiger partial charge in [-0.1, -0.05) is 52.5 Å². The molecular weight excluding hydrogens is 318 g/mol. The molecule has 0 fully saturated rings. The lowest BCUT2D eigenvalue weighted by molar-refractivity contribution is -0.140. The maximum absolute atomic E-state index is 12.5. The minimum Gasteiger partial charge on any atom is -0.509 e. The van der Waals surface area contributed by atoms with Crippen LogP contribution in [0, 0.1) is 5.92 Å². The van der Waals surface area contributed by atoms with Crippen LogP contribution in [0.3, 0.4) is 0 Å². The van der Waals surface area contributed by atoms with E-state index in [-0.39, 0.29) is 17.3 Å². The molecule has 0 radical (unpaired) electrons. The standard InChI is InChI=1S/C20H31NO4/c1-5-6-7-8-9-10-11-12-17(23)21-16(13-14(2)3)19(24)18(15(4)22)20(21)25/h11-12,14,16,24H,5-10,13H2,1-4H3/b12-11+/t16-/m1/s1. The smallest absolute Gasteiger partial charge is 0.268 e. The predicted octanol–water partition coefficient (Wildman–Crippen LogP) is 4.09. The fourth-order valence-electron chi connectivity index (χ4n) is 3.04. The Labute approximate surface area is 150 Å². The number of carbonyl (C=O) groups excluding carboxylic acids is 3. The second kappa shape index (κ2) is 10.2. The quantitative estimate of drug-likeness (QED) is 0.366. The highest BCUT2D eigenvalue weighted by Gasteiger charge is 2.44. The van der Waals surface area contributed by atoms with Gasteiger partial charge in [0.1, 0.15) is 11.3 Å². The number of hydrogen-bond donors (Lipinski definition) is 1. The van der Waals surface area contributed by atoms with E-state index < -0.39 is 23.6 Å². The van der Waals surface area contributed by atoms with Gasteiger partial charge < -0.3 is 5.11 Å². The second-order valence-corrected chi connectivity index (χ2v) is 7.08. The zero-order valence-corrected chi connectivity index (χ0v) is 15.9. The first kappa shape index (κ1) is 21.1. The summed E-state index contributed by atoms with van der Waals surface area (Å²) in [7, 11) is 0. The highest BCUT2D eigenvalue weighted by molar-refractivity contribution is 6.24. The largest absolute Gasteiger partial charge is 0.509 e. The first-order valence-electron chi connectivity index (χ1n) is 9.29. The van der Waals surface area contributed by atoms with Crippen LogP contribution in [0.15, 0.2) is 23.5 Å². The van der Waals surface area contributed by atoms with Gasteiger partial charge in [-0.3, -0.25) is 19.3 Å². The number of aliphatic hydroxyl groups is 1. The van der Waals surface area contributed by atoms with Crippen molar-refractivity contribution in [3.63, 3.8) is 0 Å². The van der Waals surface area contributed by atoms with E-state index in [1.54, 1.807) is 6.08 Å². The summed E-state index contributed by atoms with van der Waals surface area (Å²) in [6, 6.07) is -0.742. The lowest BCUT2D eigenvalue weighted by atomic mass is 10.0. The average molecular weight is 349 g/mol. The van der Waals surface area contributed by atoms with Gasteiger partial charge in [-0.2, -0.15) is 0 Å². The Hall–Kier alpha value is -1.91. The highest BCUT2D eigenvalue weighted by atomic mass is 16.3. The van der Waals surface area contributed by atoms with Crippen molar-refractivity contribution in [3.8, 4) is 0 Å². The zero-order chi connectivity index (χ0) is 19.0. The van der Waals surface area contributed by atoms with E-state index in [2.05, 4.69) is 6.92 Å². The molecule has 1 N–H and O–H groups in total. The van der Waals surface area contributed by atoms with E-state index in [1.165, 1.54) is 32.3 Å². The van der Waals surface area contributed by atoms with Crippen LogP contribution in [-0.2, 0) is 14.4 Å². The van der Waals surface area contributed by atoms with Gasteiger partial charge in [0.05, 0.1) is 6.04 Å². The van der Waals surface area contributed by atoms with Gasteiger partial charge in [-0.05, 0) is 38.2 Å². The number of imide groups is 1. The Balaban J connectivity index is 2.75. The first-order valence-corrected chi connectivity index (χ1v) is 9.29. The highest BCUT2D eigenvalue weighted by Crippen LogP contribution is 2.29. The van der Waals surface area contributed by atoms with Crippen molar-refractivity contribution in [1.29, 1.82) is 0 Å². The summed E-state index contributed by atoms with van der Waals surface area (Å²) in [5.74, 6) is -1.76. The SMILES string of the molecule is CCCCCCC/C=C/C(=O)N1C(=O)C(C(C)=O)=C(O)[C@H]1CC(C)C. The number of rotatable bonds is 10. The summed E-state index contributed by atoms with van der Waals surface area (Å²) < 4.78 is 0. The normalized spacial score (nSPS) is 18.0. The molecule has 25 heavy (non-hydrogen) atoms. The summed E-state index contributed by atoms with van der Waals surface area (Å²) in [4.78, 5) is 37.6. The van der Waals surface area contributed by atoms with Gasteiger partial charge in [-0.15, -0.1) is 0 Å². The van der Waals surface area contributed by atoms with Crippen LogP contribution >= 0.6 is 0 Å². The van der Waals surface area contributed by atoms with Gasteiger partial charge in [0.2, 0.25) is 0 Å². The molecule has 1 rings (SSSR count). The molecule has 140 valence electrons. The maximum atomic E-state index is 12.5. The van der Waals surface area contributed by atoms with Gasteiger partial charge in [0.15, 0.2) is 5.78 Å². The van der Waals surface area contributed by atoms with Crippen molar-refractivity contribution in [1.82, 2.24) is 4.90 Å². The van der Waals surface area contributed by atoms with Crippen LogP contribution in [0.5, 0.6) is 0 Å². The number of amides is 2. The fraction of sp³-hybridized carbons (Fsp3) is 0.650. The Bertz CT molecular complexity index is 560. The van der Waals surface area contributed by atoms with Gasteiger partial charge >= 0.3 is 0 Å². The molecule has 0 aromatic carbocycles. The van der Waals surface area contributed by atoms with E-state index in [1.807, 2.05) is 13.8 Å². The van der Waals surface area contributed by atoms with E-state index in [0.29, 0.717) is 6.42 Å². The van der Waals surface area contributed by atoms with Crippen LogP contribution in [0.25, 0.3) is 0 Å². The minimum atomic E-state index is -0.742. The molecule has 0 aliphatic carbocycles. The topological polar surface area (TPSA) is 74.7 Å². The van der Waals surface area contributed by atoms with Crippen molar-refractivity contribution in [2.75, 3.05) is 0 Å². The van der Waals surface area contributed by atoms with Crippen molar-refractivity contribution < 1.29 is 19.5 Å². The molecule has 0 saturated carbocycles. The van der Waals surface area contributed by atoms with Gasteiger partial charge in [0.25, 0.3) is 11.8 Å². The lowest BCUT2D eigenvalue weighted by Crippen LogP contribution is -2.41. The molecule has 2 amide bonds. The molecule has 5 heteroatoms. The molecule has 0 unspecified atom stereocenters. The molecule has 0 bridgehead atoms. The average Bonchev–Trinajstić information content (AvgIpc) is 2.76. The van der Waals surface area contributed by atoms with E-state index >= 15 is 0 Å². The number of aliphatic hydroxyl groups excluding tert-OH is 1. The van der Waals surface area contributed by atoms with Crippen molar-refractivity contribution in [3.05, 3.63) is 23.5 Å². The van der Waals surface area contributed by atoms with E-state index in [4.69, 9.17) is 0 Å². The minimum absolute atomic E-state index is 0.170. The summed E-state index contributed by atoms with van der Waals surface area (Å²) >= 11 is 0. The van der Waals surface area contributed by atoms with Gasteiger partial charge in [0, 0.05) is 0 Å². The third-order valence-corrected chi connectivity index (χ3v) is 4.34. The fourth-order valence-corrected chi connectivity index (χ4v) is 3.04. The monoisotopic (exact) mass is 349 g/mol. The molecule has 0 aromatic heterocycles. The molecule has 0 spiro atoms. The van der Waals surface area contributed by atoms with Crippen molar-refractivity contribution >= 4 is 17.6 Å². The van der Waals surface area contributed by atoms with E-state index in [9.17, 15) is 19.5 Å². The second-order valence-electron chi connectivity index (χ2n) is 7.08. The number of Topliss-reactive ketones (excluding diaryl/α,β-unsaturated/α-hetero) is 1. The van der Waals surface area contributed by atoms with Crippen molar-refractivity contribution in [2.45, 2.75) is 78.7 Å². The Kier molecular flexibility index (Phi) is 8.59. The molecule has 5 nitrogen and oxygen atoms in total. The number of allylic oxidation sites excluding steroid dienone is 1. The molecule has 1 heterocycles. The number of unbranched alkanes of at least 4 members (excludes halogenated alkanes) is 5. The zero-order valence-electron chi connectivity index (χ0n) is 15.9. The number of ketones is 1. The Morgan fingerprint density at radius 1 is 1.20 bits per heavy atom. The summed E-state index contributed by atoms with van der Waals surface area (Å²) in [5, 5.41) is 10.3. The summed E-state index contributed by atoms with van der Waals surface area (Å²) in [6.45, 7) is 7.28. The van der Waals surface area contributed by atoms with Crippen LogP contribution in [0.1, 0.15) is 72.6 Å². The van der Waals surface area contributed by atoms with Crippen LogP contribution in [-0.4, -0.2) is 33.6 Å². The lowest BCUT2D eigenvalue weighted by Gasteiger charge is -2.23. The Morgan fingerprint density at radius 3 is 2.40 bits per heavy atom. The number of hydrogen-bond acceptors (Lipinski definition) is 4. The molecular formula is C20H31NO4. The summed E-state index contributed by atoms with van der Waals surface area (Å²) in [6.07, 6.45) is 10.1. The molecule has 1 atom stereocenters. The van der Waals surface area contributed by atoms with E-state index in [0.717, 1.165) is 24.2 Å². The molecule has 0 aromatic rings. The maximum Gasteiger partial charge on any atom is 0.268 e. The van der Waals surface area contributed by atoms with Crippen molar-refractivity contribution in [2.24, 2.45) is 5.92 Å². The first-order chi connectivity index (χ1) is 11.8. The number of nitrogens with zero attached hydrogens (tertiary/aromatic N) is 1. The van der Waals surface area contributed by atoms with Gasteiger partial charge in [-0.25, -0.2) is 0 Å². The third-order valence-electron chi connectivity index (χ3n) is 4.34. The number of carbonyl (C=O) groups is 3. The predicted molar refractivity (Wildman–Crippen MR) is 97.9 cm³/mol. The molecule has 1 aliphatic rings. The summed E-state index contributed by atoms with van der Waals surface area (Å²) in [5.41, 5.74) is -0.257. The van der Waals surface area contributed by atoms with Crippen LogP contribution in [0.4, 0.5) is 0 Å². The Morgan fingerprint density at radius 2 is 1.84 bits per heavy atom. The third kappa shape index (κ3) is 5.83. The van der Waals surface area contributed by atoms with Crippen LogP contribution < -0.4 is 0 Å². The molecule has 0 saturated heterocycles. The molecule has 1 aliphatic heterocycles.